The summed E-state index contributed by atoms with van der Waals surface area (Å²) in [6, 6.07) is 153. The summed E-state index contributed by atoms with van der Waals surface area (Å²) in [6.07, 6.45) is 0. The van der Waals surface area contributed by atoms with E-state index in [1.807, 2.05) is 0 Å². The molecule has 0 N–H and O–H groups in total. The lowest BCUT2D eigenvalue weighted by Gasteiger charge is -2.48. The van der Waals surface area contributed by atoms with Crippen LogP contribution in [-0.2, 0) is 5.41 Å². The van der Waals surface area contributed by atoms with Gasteiger partial charge in [-0.05, 0) is 171 Å². The molecule has 5 nitrogen and oxygen atoms in total. The van der Waals surface area contributed by atoms with Crippen molar-refractivity contribution in [2.75, 3.05) is 9.80 Å². The zero-order chi connectivity index (χ0) is 79.0. The lowest BCUT2D eigenvalue weighted by molar-refractivity contribution is 0.468. The number of nitrogens with zero attached hydrogens (tertiary/aromatic N) is 3. The highest BCUT2D eigenvalue weighted by Crippen LogP contribution is 2.57. The van der Waals surface area contributed by atoms with E-state index in [1.165, 1.54) is 16.3 Å². The highest BCUT2D eigenvalue weighted by Gasteiger charge is 2.52. The van der Waals surface area contributed by atoms with Gasteiger partial charge in [0.25, 0.3) is 13.4 Å². The first kappa shape index (κ1) is 69.6. The Morgan fingerprint density at radius 1 is 0.235 bits per heavy atom. The van der Waals surface area contributed by atoms with Crippen molar-refractivity contribution in [3.8, 4) is 129 Å². The Balaban J connectivity index is 0.895. The molecule has 558 valence electrons. The molecule has 1 aromatic heterocycles. The van der Waals surface area contributed by atoms with Crippen LogP contribution in [0.1, 0.15) is 26.3 Å². The van der Waals surface area contributed by atoms with E-state index in [4.69, 9.17) is 9.47 Å². The highest BCUT2D eigenvalue weighted by atomic mass is 16.5. The molecule has 7 heteroatoms. The van der Waals surface area contributed by atoms with Gasteiger partial charge in [-0.2, -0.15) is 0 Å². The summed E-state index contributed by atoms with van der Waals surface area (Å²) in [5.41, 5.74) is 36.6. The van der Waals surface area contributed by atoms with Gasteiger partial charge in [0.2, 0.25) is 0 Å². The van der Waals surface area contributed by atoms with Crippen LogP contribution < -0.4 is 52.1 Å². The van der Waals surface area contributed by atoms with Crippen LogP contribution in [0.2, 0.25) is 0 Å². The molecule has 4 aliphatic heterocycles. The van der Waals surface area contributed by atoms with Crippen molar-refractivity contribution in [3.05, 3.63) is 418 Å². The molecule has 18 aromatic carbocycles. The summed E-state index contributed by atoms with van der Waals surface area (Å²) < 4.78 is 18.9. The van der Waals surface area contributed by atoms with E-state index in [9.17, 15) is 0 Å². The summed E-state index contributed by atoms with van der Waals surface area (Å²) in [6.45, 7) is 6.28. The number of aromatic nitrogens is 1. The Morgan fingerprint density at radius 3 is 1.13 bits per heavy atom. The highest BCUT2D eigenvalue weighted by molar-refractivity contribution is 7.03. The molecule has 19 aromatic rings. The fourth-order valence-electron chi connectivity index (χ4n) is 19.5. The van der Waals surface area contributed by atoms with Crippen LogP contribution in [0.3, 0.4) is 0 Å². The van der Waals surface area contributed by atoms with Gasteiger partial charge in [0, 0.05) is 78.6 Å². The Bertz CT molecular complexity index is 7060. The Morgan fingerprint density at radius 2 is 0.630 bits per heavy atom. The fraction of sp³-hybridized carbons (Fsp3) is 0.0357. The van der Waals surface area contributed by atoms with Crippen molar-refractivity contribution in [3.63, 3.8) is 0 Å². The monoisotopic (exact) mass is 1520 g/mol. The van der Waals surface area contributed by atoms with Crippen LogP contribution in [0.5, 0.6) is 23.0 Å². The van der Waals surface area contributed by atoms with E-state index in [-0.39, 0.29) is 6.71 Å². The summed E-state index contributed by atoms with van der Waals surface area (Å²) in [4.78, 5) is 5.36. The maximum absolute atomic E-state index is 8.29. The third-order valence-corrected chi connectivity index (χ3v) is 25.0. The topological polar surface area (TPSA) is 29.9 Å². The number of fused-ring (bicyclic) bond motifs is 12. The van der Waals surface area contributed by atoms with E-state index in [2.05, 4.69) is 448 Å². The van der Waals surface area contributed by atoms with Crippen molar-refractivity contribution in [1.82, 2.24) is 4.57 Å². The van der Waals surface area contributed by atoms with Crippen LogP contribution in [-0.4, -0.2) is 18.0 Å². The maximum Gasteiger partial charge on any atom is 0.260 e. The van der Waals surface area contributed by atoms with E-state index < -0.39 is 12.1 Å². The summed E-state index contributed by atoms with van der Waals surface area (Å²) in [7, 11) is 0. The number of ether oxygens (including phenoxy) is 2. The van der Waals surface area contributed by atoms with Crippen molar-refractivity contribution in [1.29, 1.82) is 0 Å². The minimum absolute atomic E-state index is 0.383. The molecule has 0 unspecified atom stereocenters. The number of hydrogen-bond acceptors (Lipinski definition) is 4. The van der Waals surface area contributed by atoms with Gasteiger partial charge in [0.1, 0.15) is 23.0 Å². The summed E-state index contributed by atoms with van der Waals surface area (Å²) >= 11 is 0. The Labute approximate surface area is 694 Å². The smallest absolute Gasteiger partial charge is 0.260 e. The predicted octanol–water partition coefficient (Wildman–Crippen LogP) is 25.9. The van der Waals surface area contributed by atoms with E-state index in [0.29, 0.717) is 0 Å². The normalized spacial score (nSPS) is 12.7. The molecule has 0 bridgehead atoms. The molecule has 0 amide bonds. The lowest BCUT2D eigenvalue weighted by Crippen LogP contribution is -2.65. The second kappa shape index (κ2) is 27.9. The average molecular weight is 1520 g/mol. The largest absolute Gasteiger partial charge is 0.459 e. The Kier molecular flexibility index (Phi) is 16.3. The van der Waals surface area contributed by atoms with Gasteiger partial charge in [0.05, 0.1) is 22.4 Å². The van der Waals surface area contributed by atoms with Crippen molar-refractivity contribution >= 4 is 102 Å². The van der Waals surface area contributed by atoms with E-state index >= 15 is 0 Å². The van der Waals surface area contributed by atoms with E-state index in [0.717, 1.165) is 207 Å². The van der Waals surface area contributed by atoms with Gasteiger partial charge < -0.3 is 23.8 Å². The first-order valence-corrected chi connectivity index (χ1v) is 41.3. The second-order valence-corrected chi connectivity index (χ2v) is 32.9. The molecule has 0 spiro atoms. The van der Waals surface area contributed by atoms with Gasteiger partial charge >= 0.3 is 0 Å². The summed E-state index contributed by atoms with van der Waals surface area (Å²) in [5, 5.41) is 2.39. The quantitative estimate of drug-likeness (QED) is 0.114. The van der Waals surface area contributed by atoms with Crippen molar-refractivity contribution < 1.29 is 9.47 Å². The van der Waals surface area contributed by atoms with Gasteiger partial charge in [-0.1, -0.05) is 367 Å². The first-order chi connectivity index (χ1) is 58.7. The lowest BCUT2D eigenvalue weighted by atomic mass is 9.30. The molecule has 0 saturated carbocycles. The van der Waals surface area contributed by atoms with E-state index in [1.54, 1.807) is 0 Å². The van der Waals surface area contributed by atoms with Crippen LogP contribution in [0.15, 0.2) is 413 Å². The fourth-order valence-corrected chi connectivity index (χ4v) is 19.5. The molecule has 0 atom stereocenters. The third kappa shape index (κ3) is 11.5. The van der Waals surface area contributed by atoms with Gasteiger partial charge in [-0.15, -0.1) is 0 Å². The number of rotatable bonds is 12. The summed E-state index contributed by atoms with van der Waals surface area (Å²) in [5.74, 6) is 3.14. The van der Waals surface area contributed by atoms with Gasteiger partial charge in [-0.3, -0.25) is 0 Å². The first-order valence-electron chi connectivity index (χ1n) is 41.3. The zero-order valence-corrected chi connectivity index (χ0v) is 66.1. The van der Waals surface area contributed by atoms with Gasteiger partial charge in [0.15, 0.2) is 0 Å². The van der Waals surface area contributed by atoms with Crippen molar-refractivity contribution in [2.24, 2.45) is 0 Å². The standard InChI is InChI=1S/C112H77B2N3O2/c1-112(2,3)85-68-100-105-101(69-85)117(108-87(76-41-19-8-20-42-76)53-31-54-88(108)77-43-21-9-22-44-77)102-71-104-107-111(118-103-62-59-81(74-37-15-6-16-38-74)66-95(103)113(107)96-67-84(75-39-17-7-18-40-75)65-93(110(96)119-104)78-45-23-10-24-46-78)106(102)114(105)94-61-60-86(115-97-57-27-25-51-91(97)92-52-26-28-58-98(92)115)70-99(94)116(100)109-89(82-49-29-47-79(63-82)72-33-11-4-12-34-72)55-32-56-90(109)83-50-30-48-80(64-83)73-35-13-5-14-36-73/h4-71H,1-3H3. The third-order valence-electron chi connectivity index (χ3n) is 25.0. The molecule has 23 rings (SSSR count). The number of hydrogen-bond donors (Lipinski definition) is 0. The zero-order valence-electron chi connectivity index (χ0n) is 66.1. The number of anilines is 6. The second-order valence-electron chi connectivity index (χ2n) is 32.9. The molecular weight excluding hydrogens is 1440 g/mol. The molecule has 0 saturated heterocycles. The molecule has 4 aliphatic rings. The number of benzene rings is 18. The molecule has 0 fully saturated rings. The molecule has 0 aliphatic carbocycles. The minimum atomic E-state index is -0.482. The van der Waals surface area contributed by atoms with Crippen LogP contribution in [0.4, 0.5) is 34.1 Å². The molecule has 5 heterocycles. The van der Waals surface area contributed by atoms with Crippen LogP contribution in [0.25, 0.3) is 128 Å². The maximum atomic E-state index is 8.29. The number of para-hydroxylation sites is 4. The van der Waals surface area contributed by atoms with Crippen LogP contribution in [0, 0.1) is 0 Å². The van der Waals surface area contributed by atoms with Gasteiger partial charge in [-0.25, -0.2) is 0 Å². The minimum Gasteiger partial charge on any atom is -0.459 e. The van der Waals surface area contributed by atoms with Crippen LogP contribution >= 0.6 is 0 Å². The predicted molar refractivity (Wildman–Crippen MR) is 500 cm³/mol. The average Bonchev–Trinajstić information content (AvgIpc) is 0.917. The molecule has 119 heavy (non-hydrogen) atoms. The molecule has 0 radical (unpaired) electrons. The SMILES string of the molecule is CC(C)(C)c1cc2c3c(c1)N(c1c(-c4ccccc4)cccc1-c1ccccc1)c1cc4c5c(c1B3c1ccc(-n3c6ccccc6c6ccccc63)cc1N2c1c(-c2cccc(-c3ccccc3)c2)cccc1-c1cccc(-c2ccccc2)c1)Oc1ccc(-c2ccccc2)cc1B5c1cc(-c2ccccc2)cc(-c2ccccc2)c1O4. The van der Waals surface area contributed by atoms with Crippen molar-refractivity contribution in [2.45, 2.75) is 26.2 Å². The Hall–Kier alpha value is -14.9. The molecular formula is C112H77B2N3O2.